The molecule has 1 saturated heterocycles. The van der Waals surface area contributed by atoms with Crippen LogP contribution in [0.3, 0.4) is 0 Å². The standard InChI is InChI=1S/C11H21NO7/c1-3-12(4-2)11(17)19-9-7(14)6(5-13)18-10(16)8(9)15/h6-10,13-16H,3-5H2,1-2H3/t6-,7-,8-,9+,10?/m1/s1. The van der Waals surface area contributed by atoms with Crippen molar-refractivity contribution in [3.8, 4) is 0 Å². The first-order chi connectivity index (χ1) is 8.96. The zero-order valence-corrected chi connectivity index (χ0v) is 11.0. The number of ether oxygens (including phenoxy) is 2. The molecule has 1 heterocycles. The second-order valence-corrected chi connectivity index (χ2v) is 4.25. The Morgan fingerprint density at radius 2 is 1.79 bits per heavy atom. The van der Waals surface area contributed by atoms with Crippen LogP contribution in [-0.2, 0) is 9.47 Å². The third-order valence-electron chi connectivity index (χ3n) is 3.10. The van der Waals surface area contributed by atoms with Crippen molar-refractivity contribution in [2.45, 2.75) is 44.6 Å². The van der Waals surface area contributed by atoms with Crippen LogP contribution in [-0.4, -0.2) is 81.8 Å². The third kappa shape index (κ3) is 3.54. The predicted molar refractivity (Wildman–Crippen MR) is 63.2 cm³/mol. The van der Waals surface area contributed by atoms with Crippen LogP contribution in [0.25, 0.3) is 0 Å². The number of nitrogens with zero attached hydrogens (tertiary/aromatic N) is 1. The van der Waals surface area contributed by atoms with Crippen LogP contribution in [0.1, 0.15) is 13.8 Å². The van der Waals surface area contributed by atoms with Crippen LogP contribution in [0.15, 0.2) is 0 Å². The SMILES string of the molecule is CCN(CC)C(=O)O[C@H]1[C@H](O)[C@@H](CO)OC(O)[C@@H]1O. The molecule has 0 radical (unpaired) electrons. The molecule has 0 aromatic carbocycles. The maximum atomic E-state index is 11.8. The molecular formula is C11H21NO7. The van der Waals surface area contributed by atoms with Crippen LogP contribution in [0.2, 0.25) is 0 Å². The highest BCUT2D eigenvalue weighted by molar-refractivity contribution is 5.67. The first-order valence-electron chi connectivity index (χ1n) is 6.22. The molecule has 1 aliphatic rings. The van der Waals surface area contributed by atoms with Gasteiger partial charge in [0.25, 0.3) is 0 Å². The molecule has 0 bridgehead atoms. The zero-order valence-electron chi connectivity index (χ0n) is 11.0. The smallest absolute Gasteiger partial charge is 0.410 e. The van der Waals surface area contributed by atoms with Gasteiger partial charge in [0.15, 0.2) is 12.4 Å². The fourth-order valence-electron chi connectivity index (χ4n) is 1.88. The van der Waals surface area contributed by atoms with Gasteiger partial charge < -0.3 is 34.8 Å². The Bertz CT molecular complexity index is 297. The van der Waals surface area contributed by atoms with Gasteiger partial charge in [-0.2, -0.15) is 0 Å². The fourth-order valence-corrected chi connectivity index (χ4v) is 1.88. The summed E-state index contributed by atoms with van der Waals surface area (Å²) >= 11 is 0. The largest absolute Gasteiger partial charge is 0.440 e. The van der Waals surface area contributed by atoms with Crippen molar-refractivity contribution in [1.29, 1.82) is 0 Å². The highest BCUT2D eigenvalue weighted by Gasteiger charge is 2.46. The van der Waals surface area contributed by atoms with Gasteiger partial charge in [-0.15, -0.1) is 0 Å². The second-order valence-electron chi connectivity index (χ2n) is 4.25. The number of carbonyl (C=O) groups is 1. The van der Waals surface area contributed by atoms with Crippen LogP contribution in [0.4, 0.5) is 4.79 Å². The highest BCUT2D eigenvalue weighted by atomic mass is 16.7. The molecule has 0 aliphatic carbocycles. The Balaban J connectivity index is 2.75. The van der Waals surface area contributed by atoms with Crippen molar-refractivity contribution < 1.29 is 34.7 Å². The Hall–Kier alpha value is -0.930. The lowest BCUT2D eigenvalue weighted by Crippen LogP contribution is -2.60. The molecule has 0 spiro atoms. The molecule has 19 heavy (non-hydrogen) atoms. The summed E-state index contributed by atoms with van der Waals surface area (Å²) in [5, 5.41) is 38.0. The van der Waals surface area contributed by atoms with E-state index < -0.39 is 43.4 Å². The number of hydrogen-bond donors (Lipinski definition) is 4. The molecule has 8 heteroatoms. The van der Waals surface area contributed by atoms with E-state index in [9.17, 15) is 20.1 Å². The van der Waals surface area contributed by atoms with E-state index in [0.717, 1.165) is 0 Å². The minimum absolute atomic E-state index is 0.413. The van der Waals surface area contributed by atoms with Gasteiger partial charge in [0, 0.05) is 13.1 Å². The van der Waals surface area contributed by atoms with Gasteiger partial charge in [-0.3, -0.25) is 0 Å². The quantitative estimate of drug-likeness (QED) is 0.482. The van der Waals surface area contributed by atoms with Gasteiger partial charge in [-0.1, -0.05) is 0 Å². The van der Waals surface area contributed by atoms with Crippen LogP contribution < -0.4 is 0 Å². The second kappa shape index (κ2) is 7.01. The topological polar surface area (TPSA) is 120 Å². The molecule has 1 fully saturated rings. The van der Waals surface area contributed by atoms with E-state index in [4.69, 9.17) is 14.6 Å². The summed E-state index contributed by atoms with van der Waals surface area (Å²) in [4.78, 5) is 13.1. The summed E-state index contributed by atoms with van der Waals surface area (Å²) < 4.78 is 9.78. The van der Waals surface area contributed by atoms with Crippen LogP contribution >= 0.6 is 0 Å². The summed E-state index contributed by atoms with van der Waals surface area (Å²) in [6.45, 7) is 3.78. The van der Waals surface area contributed by atoms with E-state index in [-0.39, 0.29) is 0 Å². The lowest BCUT2D eigenvalue weighted by molar-refractivity contribution is -0.286. The first-order valence-corrected chi connectivity index (χ1v) is 6.22. The number of hydrogen-bond acceptors (Lipinski definition) is 7. The number of carbonyl (C=O) groups excluding carboxylic acids is 1. The average molecular weight is 279 g/mol. The van der Waals surface area contributed by atoms with Crippen LogP contribution in [0, 0.1) is 0 Å². The van der Waals surface area contributed by atoms with Crippen LogP contribution in [0.5, 0.6) is 0 Å². The molecule has 1 amide bonds. The minimum atomic E-state index is -1.63. The number of aliphatic hydroxyl groups is 4. The molecule has 8 nitrogen and oxygen atoms in total. The minimum Gasteiger partial charge on any atom is -0.440 e. The molecule has 1 aliphatic heterocycles. The summed E-state index contributed by atoms with van der Waals surface area (Å²) in [7, 11) is 0. The Kier molecular flexibility index (Phi) is 5.95. The third-order valence-corrected chi connectivity index (χ3v) is 3.10. The van der Waals surface area contributed by atoms with Gasteiger partial charge >= 0.3 is 6.09 Å². The van der Waals surface area contributed by atoms with Gasteiger partial charge in [0.1, 0.15) is 18.3 Å². The van der Waals surface area contributed by atoms with Crippen molar-refractivity contribution in [2.75, 3.05) is 19.7 Å². The summed E-state index contributed by atoms with van der Waals surface area (Å²) in [5.74, 6) is 0. The van der Waals surface area contributed by atoms with Crippen molar-refractivity contribution in [3.63, 3.8) is 0 Å². The molecule has 0 aromatic heterocycles. The van der Waals surface area contributed by atoms with Crippen molar-refractivity contribution >= 4 is 6.09 Å². The first kappa shape index (κ1) is 16.1. The van der Waals surface area contributed by atoms with Crippen molar-refractivity contribution in [2.24, 2.45) is 0 Å². The molecule has 112 valence electrons. The van der Waals surface area contributed by atoms with E-state index in [1.54, 1.807) is 13.8 Å². The lowest BCUT2D eigenvalue weighted by atomic mass is 9.99. The van der Waals surface area contributed by atoms with E-state index in [1.165, 1.54) is 4.90 Å². The lowest BCUT2D eigenvalue weighted by Gasteiger charge is -2.40. The Morgan fingerprint density at radius 3 is 2.26 bits per heavy atom. The molecule has 1 unspecified atom stereocenters. The average Bonchev–Trinajstić information content (AvgIpc) is 2.40. The molecule has 4 N–H and O–H groups in total. The van der Waals surface area contributed by atoms with E-state index >= 15 is 0 Å². The van der Waals surface area contributed by atoms with E-state index in [1.807, 2.05) is 0 Å². The van der Waals surface area contributed by atoms with Gasteiger partial charge in [-0.05, 0) is 13.8 Å². The Labute approximate surface area is 111 Å². The Morgan fingerprint density at radius 1 is 1.21 bits per heavy atom. The number of rotatable bonds is 4. The molecule has 0 saturated carbocycles. The summed E-state index contributed by atoms with van der Waals surface area (Å²) in [6.07, 6.45) is -7.80. The normalized spacial score (nSPS) is 34.9. The van der Waals surface area contributed by atoms with Gasteiger partial charge in [0.05, 0.1) is 6.61 Å². The van der Waals surface area contributed by atoms with Crippen molar-refractivity contribution in [1.82, 2.24) is 4.90 Å². The number of aliphatic hydroxyl groups excluding tert-OH is 4. The highest BCUT2D eigenvalue weighted by Crippen LogP contribution is 2.22. The molecule has 1 rings (SSSR count). The summed E-state index contributed by atoms with van der Waals surface area (Å²) in [6, 6.07) is 0. The zero-order chi connectivity index (χ0) is 14.6. The molecular weight excluding hydrogens is 258 g/mol. The van der Waals surface area contributed by atoms with Crippen molar-refractivity contribution in [3.05, 3.63) is 0 Å². The maximum Gasteiger partial charge on any atom is 0.410 e. The monoisotopic (exact) mass is 279 g/mol. The fraction of sp³-hybridized carbons (Fsp3) is 0.909. The predicted octanol–water partition coefficient (Wildman–Crippen LogP) is -1.74. The maximum absolute atomic E-state index is 11.8. The van der Waals surface area contributed by atoms with Gasteiger partial charge in [-0.25, -0.2) is 4.79 Å². The molecule has 0 aromatic rings. The number of amides is 1. The molecule has 5 atom stereocenters. The van der Waals surface area contributed by atoms with Gasteiger partial charge in [0.2, 0.25) is 0 Å². The summed E-state index contributed by atoms with van der Waals surface area (Å²) in [5.41, 5.74) is 0. The van der Waals surface area contributed by atoms with E-state index in [0.29, 0.717) is 13.1 Å². The van der Waals surface area contributed by atoms with E-state index in [2.05, 4.69) is 0 Å².